The lowest BCUT2D eigenvalue weighted by molar-refractivity contribution is 0.0475. The second-order valence-electron chi connectivity index (χ2n) is 4.99. The van der Waals surface area contributed by atoms with Crippen LogP contribution in [0.4, 0.5) is 0 Å². The van der Waals surface area contributed by atoms with Gasteiger partial charge >= 0.3 is 0 Å². The maximum absolute atomic E-state index is 10.2. The van der Waals surface area contributed by atoms with E-state index in [9.17, 15) is 5.11 Å². The van der Waals surface area contributed by atoms with Gasteiger partial charge in [0, 0.05) is 26.3 Å². The van der Waals surface area contributed by atoms with Crippen LogP contribution in [-0.4, -0.2) is 21.8 Å². The maximum atomic E-state index is 10.2. The highest BCUT2D eigenvalue weighted by Crippen LogP contribution is 2.28. The van der Waals surface area contributed by atoms with Gasteiger partial charge in [-0.25, -0.2) is 0 Å². The van der Waals surface area contributed by atoms with Gasteiger partial charge in [-0.3, -0.25) is 0 Å². The van der Waals surface area contributed by atoms with Gasteiger partial charge in [-0.15, -0.1) is 0 Å². The lowest BCUT2D eigenvalue weighted by atomic mass is 10.0. The molecule has 1 fully saturated rings. The Morgan fingerprint density at radius 1 is 1.53 bits per heavy atom. The number of nitrogens with zero attached hydrogens (tertiary/aromatic N) is 2. The van der Waals surface area contributed by atoms with Crippen LogP contribution in [0.5, 0.6) is 0 Å². The molecule has 92 valence electrons. The number of aryl methyl sites for hydroxylation is 1. The molecule has 2 N–H and O–H groups in total. The van der Waals surface area contributed by atoms with Crippen LogP contribution in [0.1, 0.15) is 36.9 Å². The Kier molecular flexibility index (Phi) is 3.51. The van der Waals surface area contributed by atoms with E-state index >= 15 is 0 Å². The van der Waals surface area contributed by atoms with Crippen LogP contribution in [0.25, 0.3) is 0 Å². The average Bonchev–Trinajstić information content (AvgIpc) is 2.86. The fourth-order valence-electron chi connectivity index (χ4n) is 2.49. The largest absolute Gasteiger partial charge is 0.389 e. The Morgan fingerprint density at radius 2 is 2.24 bits per heavy atom. The van der Waals surface area contributed by atoms with E-state index in [-0.39, 0.29) is 0 Å². The molecule has 0 saturated heterocycles. The molecule has 1 saturated carbocycles. The van der Waals surface area contributed by atoms with Gasteiger partial charge < -0.3 is 15.0 Å². The highest BCUT2D eigenvalue weighted by molar-refractivity contribution is 5.28. The van der Waals surface area contributed by atoms with Crippen molar-refractivity contribution < 1.29 is 5.11 Å². The van der Waals surface area contributed by atoms with E-state index in [0.717, 1.165) is 31.2 Å². The van der Waals surface area contributed by atoms with E-state index in [1.165, 1.54) is 0 Å². The van der Waals surface area contributed by atoms with E-state index in [0.29, 0.717) is 18.8 Å². The molecule has 1 aliphatic carbocycles. The summed E-state index contributed by atoms with van der Waals surface area (Å²) in [5.74, 6) is 0. The summed E-state index contributed by atoms with van der Waals surface area (Å²) in [4.78, 5) is 0. The molecule has 0 radical (unpaired) electrons. The standard InChI is InChI=1S/C13H19N3O/c1-16-9-11(6-12(16)7-14)8-15-10-13(17)4-2-3-5-13/h6,9,15,17H,2-5,8,10H2,1H3. The van der Waals surface area contributed by atoms with Crippen molar-refractivity contribution in [2.24, 2.45) is 7.05 Å². The molecule has 1 heterocycles. The van der Waals surface area contributed by atoms with Gasteiger partial charge in [0.15, 0.2) is 0 Å². The molecule has 0 aliphatic heterocycles. The first-order valence-electron chi connectivity index (χ1n) is 6.11. The third-order valence-electron chi connectivity index (χ3n) is 3.49. The van der Waals surface area contributed by atoms with Gasteiger partial charge in [-0.05, 0) is 24.5 Å². The Morgan fingerprint density at radius 3 is 2.82 bits per heavy atom. The topological polar surface area (TPSA) is 61.0 Å². The SMILES string of the molecule is Cn1cc(CNCC2(O)CCCC2)cc1C#N. The molecule has 0 unspecified atom stereocenters. The second-order valence-corrected chi connectivity index (χ2v) is 4.99. The summed E-state index contributed by atoms with van der Waals surface area (Å²) in [7, 11) is 1.87. The fraction of sp³-hybridized carbons (Fsp3) is 0.615. The smallest absolute Gasteiger partial charge is 0.120 e. The number of aliphatic hydroxyl groups is 1. The molecule has 1 aliphatic rings. The molecular formula is C13H19N3O. The molecule has 4 nitrogen and oxygen atoms in total. The Labute approximate surface area is 102 Å². The number of hydrogen-bond donors (Lipinski definition) is 2. The van der Waals surface area contributed by atoms with Crippen molar-refractivity contribution in [2.75, 3.05) is 6.54 Å². The van der Waals surface area contributed by atoms with Gasteiger partial charge in [-0.1, -0.05) is 12.8 Å². The predicted octanol–water partition coefficient (Wildman–Crippen LogP) is 1.29. The van der Waals surface area contributed by atoms with Crippen LogP contribution in [0.15, 0.2) is 12.3 Å². The van der Waals surface area contributed by atoms with E-state index in [1.807, 2.05) is 23.9 Å². The molecule has 0 spiro atoms. The van der Waals surface area contributed by atoms with Crippen molar-refractivity contribution in [3.8, 4) is 6.07 Å². The molecule has 1 aromatic heterocycles. The van der Waals surface area contributed by atoms with Crippen molar-refractivity contribution in [3.63, 3.8) is 0 Å². The molecule has 17 heavy (non-hydrogen) atoms. The summed E-state index contributed by atoms with van der Waals surface area (Å²) in [5.41, 5.74) is 1.25. The third kappa shape index (κ3) is 2.87. The number of aromatic nitrogens is 1. The first kappa shape index (κ1) is 12.2. The first-order chi connectivity index (χ1) is 8.13. The predicted molar refractivity (Wildman–Crippen MR) is 65.3 cm³/mol. The normalized spacial score (nSPS) is 18.2. The number of hydrogen-bond acceptors (Lipinski definition) is 3. The minimum absolute atomic E-state index is 0.507. The van der Waals surface area contributed by atoms with Gasteiger partial charge in [0.25, 0.3) is 0 Å². The van der Waals surface area contributed by atoms with Crippen molar-refractivity contribution in [2.45, 2.75) is 37.8 Å². The van der Waals surface area contributed by atoms with E-state index in [1.54, 1.807) is 0 Å². The van der Waals surface area contributed by atoms with Crippen LogP contribution in [0, 0.1) is 11.3 Å². The molecule has 0 amide bonds. The summed E-state index contributed by atoms with van der Waals surface area (Å²) in [6.45, 7) is 1.35. The molecule has 4 heteroatoms. The molecule has 0 atom stereocenters. The molecule has 0 aromatic carbocycles. The Balaban J connectivity index is 1.84. The van der Waals surface area contributed by atoms with Crippen LogP contribution >= 0.6 is 0 Å². The van der Waals surface area contributed by atoms with Gasteiger partial charge in [0.2, 0.25) is 0 Å². The average molecular weight is 233 g/mol. The number of rotatable bonds is 4. The lowest BCUT2D eigenvalue weighted by Crippen LogP contribution is -2.37. The van der Waals surface area contributed by atoms with Gasteiger partial charge in [-0.2, -0.15) is 5.26 Å². The van der Waals surface area contributed by atoms with Crippen molar-refractivity contribution in [1.29, 1.82) is 5.26 Å². The fourth-order valence-corrected chi connectivity index (χ4v) is 2.49. The van der Waals surface area contributed by atoms with E-state index in [2.05, 4.69) is 11.4 Å². The van der Waals surface area contributed by atoms with E-state index in [4.69, 9.17) is 5.26 Å². The summed E-state index contributed by atoms with van der Waals surface area (Å²) in [6, 6.07) is 4.02. The Bertz CT molecular complexity index is 424. The first-order valence-corrected chi connectivity index (χ1v) is 6.11. The molecule has 0 bridgehead atoms. The zero-order valence-corrected chi connectivity index (χ0v) is 10.2. The number of nitriles is 1. The van der Waals surface area contributed by atoms with Gasteiger partial charge in [0.1, 0.15) is 11.8 Å². The molecule has 2 rings (SSSR count). The van der Waals surface area contributed by atoms with Crippen LogP contribution in [0.2, 0.25) is 0 Å². The quantitative estimate of drug-likeness (QED) is 0.824. The van der Waals surface area contributed by atoms with Crippen molar-refractivity contribution >= 4 is 0 Å². The zero-order valence-electron chi connectivity index (χ0n) is 10.2. The highest BCUT2D eigenvalue weighted by Gasteiger charge is 2.30. The van der Waals surface area contributed by atoms with Crippen LogP contribution in [0.3, 0.4) is 0 Å². The lowest BCUT2D eigenvalue weighted by Gasteiger charge is -2.22. The zero-order chi connectivity index (χ0) is 12.3. The summed E-state index contributed by atoms with van der Waals surface area (Å²) >= 11 is 0. The summed E-state index contributed by atoms with van der Waals surface area (Å²) < 4.78 is 1.82. The molecule has 1 aromatic rings. The van der Waals surface area contributed by atoms with Gasteiger partial charge in [0.05, 0.1) is 5.60 Å². The highest BCUT2D eigenvalue weighted by atomic mass is 16.3. The van der Waals surface area contributed by atoms with Crippen LogP contribution < -0.4 is 5.32 Å². The van der Waals surface area contributed by atoms with Crippen molar-refractivity contribution in [3.05, 3.63) is 23.5 Å². The molecular weight excluding hydrogens is 214 g/mol. The Hall–Kier alpha value is -1.31. The second kappa shape index (κ2) is 4.91. The monoisotopic (exact) mass is 233 g/mol. The summed E-state index contributed by atoms with van der Waals surface area (Å²) in [5, 5.41) is 22.3. The van der Waals surface area contributed by atoms with Crippen molar-refractivity contribution in [1.82, 2.24) is 9.88 Å². The third-order valence-corrected chi connectivity index (χ3v) is 3.49. The minimum atomic E-state index is -0.507. The summed E-state index contributed by atoms with van der Waals surface area (Å²) in [6.07, 6.45) is 6.00. The van der Waals surface area contributed by atoms with Crippen LogP contribution in [-0.2, 0) is 13.6 Å². The number of nitrogens with one attached hydrogen (secondary N) is 1. The minimum Gasteiger partial charge on any atom is -0.389 e. The maximum Gasteiger partial charge on any atom is 0.120 e. The van der Waals surface area contributed by atoms with E-state index < -0.39 is 5.60 Å².